The number of nitrogens with one attached hydrogen (secondary N) is 2. The second-order valence-corrected chi connectivity index (χ2v) is 8.36. The summed E-state index contributed by atoms with van der Waals surface area (Å²) in [5, 5.41) is 2.48. The molecular formula is C18H22N3O7P. The van der Waals surface area contributed by atoms with Crippen molar-refractivity contribution in [3.8, 4) is 5.75 Å². The lowest BCUT2D eigenvalue weighted by Crippen LogP contribution is -2.33. The Morgan fingerprint density at radius 3 is 2.76 bits per heavy atom. The lowest BCUT2D eigenvalue weighted by molar-refractivity contribution is -0.107. The molecule has 0 aliphatic carbocycles. The first-order valence-corrected chi connectivity index (χ1v) is 10.6. The van der Waals surface area contributed by atoms with E-state index in [9.17, 15) is 18.9 Å². The van der Waals surface area contributed by atoms with Crippen molar-refractivity contribution in [2.75, 3.05) is 13.2 Å². The predicted octanol–water partition coefficient (Wildman–Crippen LogP) is 1.45. The zero-order chi connectivity index (χ0) is 20.9. The van der Waals surface area contributed by atoms with Crippen molar-refractivity contribution in [2.45, 2.75) is 25.7 Å². The first kappa shape index (κ1) is 21.2. The van der Waals surface area contributed by atoms with Crippen LogP contribution in [0.4, 0.5) is 0 Å². The van der Waals surface area contributed by atoms with Gasteiger partial charge in [-0.05, 0) is 18.6 Å². The zero-order valence-electron chi connectivity index (χ0n) is 15.7. The highest BCUT2D eigenvalue weighted by Gasteiger charge is 2.36. The Hall–Kier alpha value is -2.52. The first-order chi connectivity index (χ1) is 13.9. The largest absolute Gasteiger partial charge is 0.459 e. The van der Waals surface area contributed by atoms with Gasteiger partial charge in [-0.25, -0.2) is 14.4 Å². The Morgan fingerprint density at radius 1 is 1.31 bits per heavy atom. The molecule has 1 saturated heterocycles. The summed E-state index contributed by atoms with van der Waals surface area (Å²) in [7, 11) is -3.82. The third kappa shape index (κ3) is 5.51. The lowest BCUT2D eigenvalue weighted by atomic mass is 10.1. The van der Waals surface area contributed by atoms with Gasteiger partial charge in [0, 0.05) is 18.2 Å². The SMILES string of the molecule is CC1CC(COP(=O)(NCC=O)Oc2ccccc2)OC1n1ccc(=O)[nH]c1=O. The Kier molecular flexibility index (Phi) is 6.81. The van der Waals surface area contributed by atoms with Crippen molar-refractivity contribution in [1.82, 2.24) is 14.6 Å². The van der Waals surface area contributed by atoms with E-state index in [0.29, 0.717) is 18.5 Å². The van der Waals surface area contributed by atoms with Crippen LogP contribution in [0.15, 0.2) is 52.2 Å². The molecule has 0 bridgehead atoms. The van der Waals surface area contributed by atoms with Crippen LogP contribution >= 0.6 is 7.75 Å². The number of ether oxygens (including phenoxy) is 1. The minimum Gasteiger partial charge on any atom is -0.413 e. The molecule has 3 rings (SSSR count). The number of aldehydes is 1. The van der Waals surface area contributed by atoms with Gasteiger partial charge in [0.15, 0.2) is 0 Å². The summed E-state index contributed by atoms with van der Waals surface area (Å²) in [5.41, 5.74) is -1.06. The Bertz CT molecular complexity index is 991. The number of para-hydroxylation sites is 1. The molecule has 29 heavy (non-hydrogen) atoms. The van der Waals surface area contributed by atoms with E-state index in [1.807, 2.05) is 6.92 Å². The van der Waals surface area contributed by atoms with E-state index < -0.39 is 31.3 Å². The molecule has 2 aromatic rings. The summed E-state index contributed by atoms with van der Waals surface area (Å²) in [5.74, 6) is 0.275. The van der Waals surface area contributed by atoms with Crippen LogP contribution in [0.1, 0.15) is 19.6 Å². The van der Waals surface area contributed by atoms with Gasteiger partial charge in [0.2, 0.25) is 0 Å². The summed E-state index contributed by atoms with van der Waals surface area (Å²) in [4.78, 5) is 36.1. The van der Waals surface area contributed by atoms with Gasteiger partial charge in [0.1, 0.15) is 18.3 Å². The van der Waals surface area contributed by atoms with Gasteiger partial charge < -0.3 is 14.1 Å². The van der Waals surface area contributed by atoms with E-state index in [-0.39, 0.29) is 19.1 Å². The zero-order valence-corrected chi connectivity index (χ0v) is 16.6. The fourth-order valence-electron chi connectivity index (χ4n) is 3.05. The van der Waals surface area contributed by atoms with Gasteiger partial charge in [0.25, 0.3) is 5.56 Å². The molecule has 0 saturated carbocycles. The number of carbonyl (C=O) groups is 1. The molecule has 11 heteroatoms. The van der Waals surface area contributed by atoms with Crippen molar-refractivity contribution >= 4 is 14.0 Å². The van der Waals surface area contributed by atoms with E-state index in [4.69, 9.17) is 13.8 Å². The summed E-state index contributed by atoms with van der Waals surface area (Å²) in [6.07, 6.45) is 1.41. The molecule has 4 unspecified atom stereocenters. The van der Waals surface area contributed by atoms with Crippen LogP contribution < -0.4 is 20.9 Å². The van der Waals surface area contributed by atoms with Crippen molar-refractivity contribution in [1.29, 1.82) is 0 Å². The highest BCUT2D eigenvalue weighted by atomic mass is 31.2. The molecule has 1 aliphatic heterocycles. The van der Waals surface area contributed by atoms with E-state index in [0.717, 1.165) is 0 Å². The molecule has 10 nitrogen and oxygen atoms in total. The molecule has 2 heterocycles. The number of rotatable bonds is 9. The monoisotopic (exact) mass is 423 g/mol. The average Bonchev–Trinajstić information content (AvgIpc) is 3.06. The molecule has 1 aromatic carbocycles. The molecule has 0 radical (unpaired) electrons. The number of nitrogens with zero attached hydrogens (tertiary/aromatic N) is 1. The van der Waals surface area contributed by atoms with E-state index in [1.165, 1.54) is 16.8 Å². The molecule has 4 atom stereocenters. The quantitative estimate of drug-likeness (QED) is 0.458. The van der Waals surface area contributed by atoms with E-state index >= 15 is 0 Å². The number of carbonyl (C=O) groups excluding carboxylic acids is 1. The Labute approximate surface area is 166 Å². The summed E-state index contributed by atoms with van der Waals surface area (Å²) >= 11 is 0. The molecule has 1 aromatic heterocycles. The highest BCUT2D eigenvalue weighted by Crippen LogP contribution is 2.45. The Morgan fingerprint density at radius 2 is 2.07 bits per heavy atom. The van der Waals surface area contributed by atoms with Crippen LogP contribution in [0.3, 0.4) is 0 Å². The first-order valence-electron chi connectivity index (χ1n) is 9.05. The lowest BCUT2D eigenvalue weighted by Gasteiger charge is -2.21. The molecule has 156 valence electrons. The number of benzene rings is 1. The smallest absolute Gasteiger partial charge is 0.413 e. The fraction of sp³-hybridized carbons (Fsp3) is 0.389. The topological polar surface area (TPSA) is 129 Å². The number of aromatic amines is 1. The molecule has 1 aliphatic rings. The number of hydrogen-bond acceptors (Lipinski definition) is 7. The Balaban J connectivity index is 1.66. The number of hydrogen-bond donors (Lipinski definition) is 2. The van der Waals surface area contributed by atoms with Crippen molar-refractivity contribution in [3.63, 3.8) is 0 Å². The second kappa shape index (κ2) is 9.32. The summed E-state index contributed by atoms with van der Waals surface area (Å²) in [6.45, 7) is 1.61. The molecule has 0 amide bonds. The van der Waals surface area contributed by atoms with Crippen LogP contribution in [0.2, 0.25) is 0 Å². The van der Waals surface area contributed by atoms with Gasteiger partial charge in [-0.15, -0.1) is 0 Å². The molecule has 0 spiro atoms. The van der Waals surface area contributed by atoms with Crippen LogP contribution in [-0.4, -0.2) is 35.1 Å². The third-order valence-corrected chi connectivity index (χ3v) is 5.86. The normalized spacial score (nSPS) is 23.4. The molecule has 2 N–H and O–H groups in total. The van der Waals surface area contributed by atoms with Crippen LogP contribution in [0, 0.1) is 5.92 Å². The van der Waals surface area contributed by atoms with Gasteiger partial charge in [-0.2, -0.15) is 0 Å². The maximum absolute atomic E-state index is 13.0. The number of aromatic nitrogens is 2. The minimum absolute atomic E-state index is 0.0513. The van der Waals surface area contributed by atoms with Gasteiger partial charge in [0.05, 0.1) is 19.3 Å². The van der Waals surface area contributed by atoms with Crippen molar-refractivity contribution < 1.29 is 23.1 Å². The van der Waals surface area contributed by atoms with Crippen LogP contribution in [0.5, 0.6) is 5.75 Å². The van der Waals surface area contributed by atoms with Gasteiger partial charge in [-0.1, -0.05) is 25.1 Å². The molecule has 1 fully saturated rings. The maximum Gasteiger partial charge on any atom is 0.459 e. The predicted molar refractivity (Wildman–Crippen MR) is 104 cm³/mol. The maximum atomic E-state index is 13.0. The van der Waals surface area contributed by atoms with Gasteiger partial charge in [-0.3, -0.25) is 18.9 Å². The molecular weight excluding hydrogens is 401 g/mol. The van der Waals surface area contributed by atoms with Crippen molar-refractivity contribution in [3.05, 3.63) is 63.4 Å². The summed E-state index contributed by atoms with van der Waals surface area (Å²) < 4.78 is 31.1. The van der Waals surface area contributed by atoms with Crippen molar-refractivity contribution in [2.24, 2.45) is 5.92 Å². The fourth-order valence-corrected chi connectivity index (χ4v) is 4.32. The van der Waals surface area contributed by atoms with Gasteiger partial charge >= 0.3 is 13.4 Å². The van der Waals surface area contributed by atoms with E-state index in [1.54, 1.807) is 30.3 Å². The minimum atomic E-state index is -3.82. The highest BCUT2D eigenvalue weighted by molar-refractivity contribution is 7.52. The van der Waals surface area contributed by atoms with Crippen LogP contribution in [-0.2, 0) is 18.6 Å². The average molecular weight is 423 g/mol. The standard InChI is InChI=1S/C18H22N3O7P/c1-13-11-15(27-17(13)21-9-7-16(23)20-18(21)24)12-26-29(25,19-8-10-22)28-14-5-3-2-4-6-14/h2-7,9-10,13,15,17H,8,11-12H2,1H3,(H,19,25)(H,20,23,24). The van der Waals surface area contributed by atoms with Crippen LogP contribution in [0.25, 0.3) is 0 Å². The second-order valence-electron chi connectivity index (χ2n) is 6.61. The summed E-state index contributed by atoms with van der Waals surface area (Å²) in [6, 6.07) is 9.69. The third-order valence-electron chi connectivity index (χ3n) is 4.35. The van der Waals surface area contributed by atoms with E-state index in [2.05, 4.69) is 10.1 Å². The number of H-pyrrole nitrogens is 1.